The number of carbonyl (C=O) groups excluding carboxylic acids is 1. The molecule has 2 aliphatic carbocycles. The molecule has 2 aromatic rings. The molecule has 1 aromatic carbocycles. The first kappa shape index (κ1) is 16.4. The molecule has 6 nitrogen and oxygen atoms in total. The van der Waals surface area contributed by atoms with Crippen LogP contribution in [0.25, 0.3) is 11.1 Å². The molecule has 1 atom stereocenters. The van der Waals surface area contributed by atoms with E-state index in [0.29, 0.717) is 23.0 Å². The summed E-state index contributed by atoms with van der Waals surface area (Å²) in [5.74, 6) is 1.20. The lowest BCUT2D eigenvalue weighted by atomic mass is 9.50. The summed E-state index contributed by atoms with van der Waals surface area (Å²) in [6.45, 7) is 1.36. The summed E-state index contributed by atoms with van der Waals surface area (Å²) in [6, 6.07) is 5.92. The summed E-state index contributed by atoms with van der Waals surface area (Å²) in [5.41, 5.74) is 1.98. The van der Waals surface area contributed by atoms with Gasteiger partial charge in [0.1, 0.15) is 5.52 Å². The lowest BCUT2D eigenvalue weighted by Crippen LogP contribution is -2.58. The fraction of sp³-hybridized carbons (Fsp3) is 0.579. The smallest absolute Gasteiger partial charge is 0.315 e. The van der Waals surface area contributed by atoms with Crippen molar-refractivity contribution in [1.82, 2.24) is 15.6 Å². The molecule has 2 heterocycles. The Bertz CT molecular complexity index is 832. The number of hydrogen-bond acceptors (Lipinski definition) is 4. The number of fused-ring (bicyclic) bond motifs is 1. The molecule has 1 unspecified atom stereocenters. The van der Waals surface area contributed by atoms with Crippen LogP contribution in [0.1, 0.15) is 43.9 Å². The second kappa shape index (κ2) is 6.13. The maximum absolute atomic E-state index is 12.0. The third-order valence-electron chi connectivity index (χ3n) is 6.03. The Kier molecular flexibility index (Phi) is 3.87. The Morgan fingerprint density at radius 3 is 2.77 bits per heavy atom. The van der Waals surface area contributed by atoms with Crippen molar-refractivity contribution in [1.29, 1.82) is 0 Å². The number of ether oxygens (including phenoxy) is 1. The van der Waals surface area contributed by atoms with E-state index in [1.165, 1.54) is 0 Å². The molecule has 2 N–H and O–H groups in total. The van der Waals surface area contributed by atoms with Crippen molar-refractivity contribution < 1.29 is 13.9 Å². The van der Waals surface area contributed by atoms with Crippen LogP contribution in [0.5, 0.6) is 0 Å². The summed E-state index contributed by atoms with van der Waals surface area (Å²) < 4.78 is 11.2. The Hall–Kier alpha value is -1.79. The highest BCUT2D eigenvalue weighted by Gasteiger charge is 2.54. The first-order valence-corrected chi connectivity index (χ1v) is 9.67. The van der Waals surface area contributed by atoms with Crippen LogP contribution in [0.4, 0.5) is 4.79 Å². The molecule has 2 amide bonds. The van der Waals surface area contributed by atoms with E-state index < -0.39 is 0 Å². The number of aromatic nitrogens is 1. The Labute approximate surface area is 156 Å². The molecule has 26 heavy (non-hydrogen) atoms. The predicted octanol–water partition coefficient (Wildman–Crippen LogP) is 3.60. The molecular formula is C19H22ClN3O3. The number of benzene rings is 1. The topological polar surface area (TPSA) is 76.4 Å². The van der Waals surface area contributed by atoms with Crippen molar-refractivity contribution in [2.24, 2.45) is 5.41 Å². The summed E-state index contributed by atoms with van der Waals surface area (Å²) in [6.07, 6.45) is 5.17. The van der Waals surface area contributed by atoms with Crippen molar-refractivity contribution in [3.05, 3.63) is 29.1 Å². The fourth-order valence-corrected chi connectivity index (χ4v) is 4.90. The lowest BCUT2D eigenvalue weighted by Gasteiger charge is -2.57. The van der Waals surface area contributed by atoms with Crippen LogP contribution in [-0.4, -0.2) is 36.3 Å². The quantitative estimate of drug-likeness (QED) is 0.859. The number of urea groups is 1. The summed E-state index contributed by atoms with van der Waals surface area (Å²) in [7, 11) is 0. The standard InChI is InChI=1S/C19H22ClN3O3/c20-12-1-2-16-15(5-12)23-17(26-16)11-6-19(7-11)8-14(9-19)22-18(24)21-13-3-4-25-10-13/h1-2,5,11,13-14H,3-4,6-10H2,(H2,21,22,24). The van der Waals surface area contributed by atoms with Gasteiger partial charge in [0.05, 0.1) is 12.6 Å². The Morgan fingerprint density at radius 2 is 2.00 bits per heavy atom. The van der Waals surface area contributed by atoms with Gasteiger partial charge in [0.25, 0.3) is 0 Å². The van der Waals surface area contributed by atoms with Gasteiger partial charge >= 0.3 is 6.03 Å². The van der Waals surface area contributed by atoms with Crippen LogP contribution >= 0.6 is 11.6 Å². The van der Waals surface area contributed by atoms with Gasteiger partial charge in [-0.25, -0.2) is 9.78 Å². The number of nitrogens with zero attached hydrogens (tertiary/aromatic N) is 1. The van der Waals surface area contributed by atoms with Crippen LogP contribution in [0.2, 0.25) is 5.02 Å². The molecule has 1 aromatic heterocycles. The van der Waals surface area contributed by atoms with Crippen molar-refractivity contribution in [2.45, 2.75) is 50.1 Å². The van der Waals surface area contributed by atoms with Crippen molar-refractivity contribution in [2.75, 3.05) is 13.2 Å². The third-order valence-corrected chi connectivity index (χ3v) is 6.27. The molecule has 1 aliphatic heterocycles. The molecule has 3 aliphatic rings. The average molecular weight is 376 g/mol. The lowest BCUT2D eigenvalue weighted by molar-refractivity contribution is -0.0237. The zero-order chi connectivity index (χ0) is 17.7. The molecule has 1 spiro atoms. The number of oxazole rings is 1. The average Bonchev–Trinajstić information content (AvgIpc) is 3.16. The van der Waals surface area contributed by atoms with Gasteiger partial charge in [0.15, 0.2) is 11.5 Å². The van der Waals surface area contributed by atoms with E-state index in [1.54, 1.807) is 0 Å². The number of carbonyl (C=O) groups is 1. The van der Waals surface area contributed by atoms with Gasteiger partial charge in [-0.05, 0) is 55.7 Å². The van der Waals surface area contributed by atoms with E-state index >= 15 is 0 Å². The van der Waals surface area contributed by atoms with E-state index in [2.05, 4.69) is 15.6 Å². The second-order valence-corrected chi connectivity index (χ2v) is 8.49. The van der Waals surface area contributed by atoms with Crippen molar-refractivity contribution in [3.63, 3.8) is 0 Å². The molecule has 0 bridgehead atoms. The van der Waals surface area contributed by atoms with Crippen LogP contribution in [-0.2, 0) is 4.74 Å². The molecule has 2 saturated carbocycles. The van der Waals surface area contributed by atoms with E-state index in [4.69, 9.17) is 20.8 Å². The number of halogens is 1. The van der Waals surface area contributed by atoms with E-state index in [1.807, 2.05) is 18.2 Å². The van der Waals surface area contributed by atoms with Crippen LogP contribution < -0.4 is 10.6 Å². The van der Waals surface area contributed by atoms with Crippen LogP contribution in [0.3, 0.4) is 0 Å². The normalized spacial score (nSPS) is 33.0. The van der Waals surface area contributed by atoms with E-state index in [9.17, 15) is 4.79 Å². The number of rotatable bonds is 3. The zero-order valence-electron chi connectivity index (χ0n) is 14.5. The minimum absolute atomic E-state index is 0.0629. The van der Waals surface area contributed by atoms with Crippen molar-refractivity contribution in [3.8, 4) is 0 Å². The SMILES string of the molecule is O=C(NC1CCOC1)NC1CC2(C1)CC(c1nc3cc(Cl)ccc3o1)C2. The Morgan fingerprint density at radius 1 is 1.19 bits per heavy atom. The summed E-state index contributed by atoms with van der Waals surface area (Å²) >= 11 is 6.01. The summed E-state index contributed by atoms with van der Waals surface area (Å²) in [4.78, 5) is 16.6. The van der Waals surface area contributed by atoms with Gasteiger partial charge in [-0.2, -0.15) is 0 Å². The number of hydrogen-bond donors (Lipinski definition) is 2. The fourth-order valence-electron chi connectivity index (χ4n) is 4.74. The predicted molar refractivity (Wildman–Crippen MR) is 97.3 cm³/mol. The first-order valence-electron chi connectivity index (χ1n) is 9.29. The molecule has 138 valence electrons. The highest BCUT2D eigenvalue weighted by atomic mass is 35.5. The van der Waals surface area contributed by atoms with Gasteiger partial charge in [-0.1, -0.05) is 11.6 Å². The minimum atomic E-state index is -0.0629. The zero-order valence-corrected chi connectivity index (χ0v) is 15.2. The second-order valence-electron chi connectivity index (χ2n) is 8.05. The molecule has 3 fully saturated rings. The van der Waals surface area contributed by atoms with E-state index in [0.717, 1.165) is 55.7 Å². The largest absolute Gasteiger partial charge is 0.440 e. The first-order chi connectivity index (χ1) is 12.6. The van der Waals surface area contributed by atoms with Crippen LogP contribution in [0, 0.1) is 5.41 Å². The third kappa shape index (κ3) is 2.95. The molecule has 0 radical (unpaired) electrons. The Balaban J connectivity index is 1.12. The maximum atomic E-state index is 12.0. The van der Waals surface area contributed by atoms with Gasteiger partial charge in [-0.15, -0.1) is 0 Å². The molecule has 5 rings (SSSR count). The maximum Gasteiger partial charge on any atom is 0.315 e. The van der Waals surface area contributed by atoms with Crippen LogP contribution in [0.15, 0.2) is 22.6 Å². The highest BCUT2D eigenvalue weighted by Crippen LogP contribution is 2.61. The number of nitrogens with one attached hydrogen (secondary N) is 2. The highest BCUT2D eigenvalue weighted by molar-refractivity contribution is 6.31. The van der Waals surface area contributed by atoms with Gasteiger partial charge in [-0.3, -0.25) is 0 Å². The monoisotopic (exact) mass is 375 g/mol. The summed E-state index contributed by atoms with van der Waals surface area (Å²) in [5, 5.41) is 6.75. The molecule has 1 saturated heterocycles. The van der Waals surface area contributed by atoms with E-state index in [-0.39, 0.29) is 18.1 Å². The van der Waals surface area contributed by atoms with Crippen molar-refractivity contribution >= 4 is 28.7 Å². The molecule has 7 heteroatoms. The van der Waals surface area contributed by atoms with Gasteiger partial charge in [0, 0.05) is 23.6 Å². The minimum Gasteiger partial charge on any atom is -0.440 e. The number of amides is 2. The van der Waals surface area contributed by atoms with Gasteiger partial charge < -0.3 is 19.8 Å². The van der Waals surface area contributed by atoms with Gasteiger partial charge in [0.2, 0.25) is 0 Å². The molecular weight excluding hydrogens is 354 g/mol.